The van der Waals surface area contributed by atoms with Crippen LogP contribution in [0.1, 0.15) is 20.3 Å². The third-order valence-corrected chi connectivity index (χ3v) is 3.10. The number of carbonyl (C=O) groups is 2. The van der Waals surface area contributed by atoms with Gasteiger partial charge in [0.2, 0.25) is 5.91 Å². The van der Waals surface area contributed by atoms with Crippen molar-refractivity contribution >= 4 is 17.5 Å². The van der Waals surface area contributed by atoms with Gasteiger partial charge in [-0.05, 0) is 25.5 Å². The Bertz CT molecular complexity index is 446. The first-order chi connectivity index (χ1) is 8.07. The molecule has 1 atom stereocenters. The monoisotopic (exact) mass is 233 g/mol. The SMILES string of the molecule is CCC1(C)NC(=O)CN(c2cccnc2)C1=O. The normalized spacial score (nSPS) is 24.7. The van der Waals surface area contributed by atoms with Gasteiger partial charge in [0.15, 0.2) is 0 Å². The molecular formula is C12H15N3O2. The van der Waals surface area contributed by atoms with E-state index in [2.05, 4.69) is 10.3 Å². The van der Waals surface area contributed by atoms with Crippen LogP contribution in [-0.2, 0) is 9.59 Å². The highest BCUT2D eigenvalue weighted by Crippen LogP contribution is 2.22. The second-order valence-electron chi connectivity index (χ2n) is 4.34. The summed E-state index contributed by atoms with van der Waals surface area (Å²) in [6.07, 6.45) is 3.79. The zero-order valence-electron chi connectivity index (χ0n) is 9.93. The molecule has 0 aromatic carbocycles. The quantitative estimate of drug-likeness (QED) is 0.818. The summed E-state index contributed by atoms with van der Waals surface area (Å²) in [5.41, 5.74) is -0.155. The van der Waals surface area contributed by atoms with Gasteiger partial charge < -0.3 is 5.32 Å². The van der Waals surface area contributed by atoms with E-state index in [4.69, 9.17) is 0 Å². The lowest BCUT2D eigenvalue weighted by atomic mass is 9.94. The summed E-state index contributed by atoms with van der Waals surface area (Å²) in [5.74, 6) is -0.231. The predicted molar refractivity (Wildman–Crippen MR) is 63.4 cm³/mol. The molecular weight excluding hydrogens is 218 g/mol. The van der Waals surface area contributed by atoms with E-state index in [1.54, 1.807) is 31.5 Å². The van der Waals surface area contributed by atoms with Crippen LogP contribution in [0, 0.1) is 0 Å². The lowest BCUT2D eigenvalue weighted by Crippen LogP contribution is -2.65. The molecule has 1 N–H and O–H groups in total. The molecule has 5 nitrogen and oxygen atoms in total. The fourth-order valence-corrected chi connectivity index (χ4v) is 1.88. The number of piperazine rings is 1. The Hall–Kier alpha value is -1.91. The van der Waals surface area contributed by atoms with Crippen molar-refractivity contribution in [3.63, 3.8) is 0 Å². The van der Waals surface area contributed by atoms with Crippen LogP contribution in [-0.4, -0.2) is 28.9 Å². The average Bonchev–Trinajstić information content (AvgIpc) is 2.35. The van der Waals surface area contributed by atoms with Gasteiger partial charge in [-0.15, -0.1) is 0 Å². The van der Waals surface area contributed by atoms with Crippen molar-refractivity contribution in [2.75, 3.05) is 11.4 Å². The lowest BCUT2D eigenvalue weighted by molar-refractivity contribution is -0.135. The molecule has 90 valence electrons. The van der Waals surface area contributed by atoms with Crippen LogP contribution in [0.4, 0.5) is 5.69 Å². The number of nitrogens with zero attached hydrogens (tertiary/aromatic N) is 2. The number of amides is 2. The Labute approximate surface area is 99.8 Å². The third kappa shape index (κ3) is 2.00. The summed E-state index contributed by atoms with van der Waals surface area (Å²) in [4.78, 5) is 29.4. The number of carbonyl (C=O) groups excluding carboxylic acids is 2. The van der Waals surface area contributed by atoms with Crippen molar-refractivity contribution in [2.45, 2.75) is 25.8 Å². The van der Waals surface area contributed by atoms with Crippen molar-refractivity contribution in [3.8, 4) is 0 Å². The van der Waals surface area contributed by atoms with Crippen LogP contribution in [0.5, 0.6) is 0 Å². The highest BCUT2D eigenvalue weighted by Gasteiger charge is 2.42. The molecule has 5 heteroatoms. The Morgan fingerprint density at radius 3 is 2.88 bits per heavy atom. The van der Waals surface area contributed by atoms with Gasteiger partial charge >= 0.3 is 0 Å². The maximum Gasteiger partial charge on any atom is 0.252 e. The Morgan fingerprint density at radius 1 is 1.53 bits per heavy atom. The van der Waals surface area contributed by atoms with E-state index in [9.17, 15) is 9.59 Å². The molecule has 0 spiro atoms. The Balaban J connectivity index is 2.35. The standard InChI is InChI=1S/C12H15N3O2/c1-3-12(2)11(17)15(8-10(16)14-12)9-5-4-6-13-7-9/h4-7H,3,8H2,1-2H3,(H,14,16). The van der Waals surface area contributed by atoms with Gasteiger partial charge in [-0.25, -0.2) is 0 Å². The molecule has 0 aliphatic carbocycles. The van der Waals surface area contributed by atoms with E-state index < -0.39 is 5.54 Å². The first-order valence-electron chi connectivity index (χ1n) is 5.60. The van der Waals surface area contributed by atoms with Gasteiger partial charge in [-0.3, -0.25) is 19.5 Å². The fraction of sp³-hybridized carbons (Fsp3) is 0.417. The molecule has 1 aliphatic rings. The van der Waals surface area contributed by atoms with Gasteiger partial charge in [0.25, 0.3) is 5.91 Å². The summed E-state index contributed by atoms with van der Waals surface area (Å²) >= 11 is 0. The molecule has 2 amide bonds. The lowest BCUT2D eigenvalue weighted by Gasteiger charge is -2.39. The predicted octanol–water partition coefficient (Wildman–Crippen LogP) is 0.713. The minimum atomic E-state index is -0.814. The van der Waals surface area contributed by atoms with Crippen molar-refractivity contribution in [3.05, 3.63) is 24.5 Å². The zero-order valence-corrected chi connectivity index (χ0v) is 9.93. The van der Waals surface area contributed by atoms with Crippen LogP contribution < -0.4 is 10.2 Å². The number of anilines is 1. The topological polar surface area (TPSA) is 62.3 Å². The number of aromatic nitrogens is 1. The number of hydrogen-bond donors (Lipinski definition) is 1. The summed E-state index contributed by atoms with van der Waals surface area (Å²) in [6.45, 7) is 3.68. The Morgan fingerprint density at radius 2 is 2.29 bits per heavy atom. The Kier molecular flexibility index (Phi) is 2.83. The molecule has 1 fully saturated rings. The van der Waals surface area contributed by atoms with E-state index in [0.717, 1.165) is 0 Å². The summed E-state index contributed by atoms with van der Waals surface area (Å²) in [7, 11) is 0. The second-order valence-corrected chi connectivity index (χ2v) is 4.34. The highest BCUT2D eigenvalue weighted by molar-refractivity contribution is 6.08. The molecule has 2 rings (SSSR count). The number of rotatable bonds is 2. The molecule has 0 bridgehead atoms. The van der Waals surface area contributed by atoms with E-state index in [1.807, 2.05) is 6.92 Å². The van der Waals surface area contributed by atoms with Gasteiger partial charge in [0, 0.05) is 6.20 Å². The molecule has 1 aromatic heterocycles. The third-order valence-electron chi connectivity index (χ3n) is 3.10. The van der Waals surface area contributed by atoms with Gasteiger partial charge in [-0.1, -0.05) is 6.92 Å². The number of hydrogen-bond acceptors (Lipinski definition) is 3. The first kappa shape index (κ1) is 11.6. The minimum Gasteiger partial charge on any atom is -0.340 e. The largest absolute Gasteiger partial charge is 0.340 e. The molecule has 1 saturated heterocycles. The maximum absolute atomic E-state index is 12.3. The second kappa shape index (κ2) is 4.16. The van der Waals surface area contributed by atoms with Crippen molar-refractivity contribution in [1.29, 1.82) is 0 Å². The van der Waals surface area contributed by atoms with Crippen molar-refractivity contribution < 1.29 is 9.59 Å². The zero-order chi connectivity index (χ0) is 12.5. The van der Waals surface area contributed by atoms with Crippen LogP contribution in [0.3, 0.4) is 0 Å². The molecule has 0 saturated carbocycles. The van der Waals surface area contributed by atoms with E-state index >= 15 is 0 Å². The average molecular weight is 233 g/mol. The molecule has 17 heavy (non-hydrogen) atoms. The van der Waals surface area contributed by atoms with Crippen LogP contribution >= 0.6 is 0 Å². The van der Waals surface area contributed by atoms with E-state index in [-0.39, 0.29) is 18.4 Å². The highest BCUT2D eigenvalue weighted by atomic mass is 16.2. The van der Waals surface area contributed by atoms with Gasteiger partial charge in [0.1, 0.15) is 12.1 Å². The number of nitrogens with one attached hydrogen (secondary N) is 1. The molecule has 1 aromatic rings. The molecule has 2 heterocycles. The van der Waals surface area contributed by atoms with Crippen molar-refractivity contribution in [1.82, 2.24) is 10.3 Å². The van der Waals surface area contributed by atoms with E-state index in [0.29, 0.717) is 12.1 Å². The van der Waals surface area contributed by atoms with Gasteiger partial charge in [-0.2, -0.15) is 0 Å². The smallest absolute Gasteiger partial charge is 0.252 e. The first-order valence-corrected chi connectivity index (χ1v) is 5.60. The molecule has 1 unspecified atom stereocenters. The van der Waals surface area contributed by atoms with Crippen LogP contribution in [0.15, 0.2) is 24.5 Å². The van der Waals surface area contributed by atoms with Crippen LogP contribution in [0.2, 0.25) is 0 Å². The molecule has 1 aliphatic heterocycles. The van der Waals surface area contributed by atoms with E-state index in [1.165, 1.54) is 4.90 Å². The summed E-state index contributed by atoms with van der Waals surface area (Å²) in [5, 5.41) is 2.74. The summed E-state index contributed by atoms with van der Waals surface area (Å²) in [6, 6.07) is 3.53. The van der Waals surface area contributed by atoms with Gasteiger partial charge in [0.05, 0.1) is 11.9 Å². The van der Waals surface area contributed by atoms with Crippen LogP contribution in [0.25, 0.3) is 0 Å². The molecule has 0 radical (unpaired) electrons. The maximum atomic E-state index is 12.3. The summed E-state index contributed by atoms with van der Waals surface area (Å²) < 4.78 is 0. The minimum absolute atomic E-state index is 0.0557. The fourth-order valence-electron chi connectivity index (χ4n) is 1.88. The van der Waals surface area contributed by atoms with Crippen molar-refractivity contribution in [2.24, 2.45) is 0 Å². The number of pyridine rings is 1.